The Balaban J connectivity index is 2.04. The van der Waals surface area contributed by atoms with E-state index in [-0.39, 0.29) is 10.6 Å². The molecular weight excluding hydrogens is 420 g/mol. The number of aromatic nitrogens is 2. The molecule has 2 N–H and O–H groups in total. The summed E-state index contributed by atoms with van der Waals surface area (Å²) >= 11 is 0. The number of nitrogens with zero attached hydrogens (tertiary/aromatic N) is 2. The van der Waals surface area contributed by atoms with E-state index in [9.17, 15) is 17.2 Å². The van der Waals surface area contributed by atoms with E-state index >= 15 is 0 Å². The normalized spacial score (nSPS) is 11.8. The first-order chi connectivity index (χ1) is 14.8. The molecule has 4 aromatic rings. The van der Waals surface area contributed by atoms with E-state index in [1.54, 1.807) is 48.5 Å². The summed E-state index contributed by atoms with van der Waals surface area (Å²) in [7, 11) is -3.88. The van der Waals surface area contributed by atoms with E-state index in [0.29, 0.717) is 28.1 Å². The summed E-state index contributed by atoms with van der Waals surface area (Å²) in [6, 6.07) is 22.0. The topological polar surface area (TPSA) is 78.0 Å². The Morgan fingerprint density at radius 3 is 2.00 bits per heavy atom. The van der Waals surface area contributed by atoms with Crippen molar-refractivity contribution in [2.24, 2.45) is 5.14 Å². The molecule has 1 heterocycles. The van der Waals surface area contributed by atoms with Crippen LogP contribution in [0, 0.1) is 6.92 Å². The van der Waals surface area contributed by atoms with Gasteiger partial charge in [-0.2, -0.15) is 5.10 Å². The SMILES string of the molecule is Cc1ccc(-c2c(C(F)F)nn(-c3ccccc3)c2-c2ccc(S(N)(=O)=O)cc2)cc1. The van der Waals surface area contributed by atoms with Crippen molar-refractivity contribution < 1.29 is 17.2 Å². The number of alkyl halides is 2. The van der Waals surface area contributed by atoms with Crippen molar-refractivity contribution in [3.05, 3.63) is 90.1 Å². The number of para-hydroxylation sites is 1. The summed E-state index contributed by atoms with van der Waals surface area (Å²) in [6.07, 6.45) is -2.80. The van der Waals surface area contributed by atoms with Crippen LogP contribution in [-0.4, -0.2) is 18.2 Å². The van der Waals surface area contributed by atoms with Crippen molar-refractivity contribution >= 4 is 10.0 Å². The summed E-state index contributed by atoms with van der Waals surface area (Å²) in [5.41, 5.74) is 3.11. The third-order valence-electron chi connectivity index (χ3n) is 4.92. The van der Waals surface area contributed by atoms with Gasteiger partial charge in [-0.15, -0.1) is 0 Å². The molecule has 0 radical (unpaired) electrons. The average molecular weight is 439 g/mol. The highest BCUT2D eigenvalue weighted by atomic mass is 32.2. The molecule has 4 rings (SSSR count). The predicted octanol–water partition coefficient (Wildman–Crippen LogP) is 5.10. The molecule has 0 atom stereocenters. The zero-order chi connectivity index (χ0) is 22.2. The Morgan fingerprint density at radius 1 is 0.871 bits per heavy atom. The molecule has 158 valence electrons. The molecule has 3 aromatic carbocycles. The third-order valence-corrected chi connectivity index (χ3v) is 5.85. The molecule has 0 spiro atoms. The number of halogens is 2. The fourth-order valence-corrected chi connectivity index (χ4v) is 3.93. The van der Waals surface area contributed by atoms with Crippen molar-refractivity contribution in [1.82, 2.24) is 9.78 Å². The molecule has 0 aliphatic carbocycles. The second-order valence-electron chi connectivity index (χ2n) is 7.09. The number of nitrogens with two attached hydrogens (primary N) is 1. The minimum absolute atomic E-state index is 0.0620. The minimum atomic E-state index is -3.88. The van der Waals surface area contributed by atoms with Crippen LogP contribution in [0.1, 0.15) is 17.7 Å². The lowest BCUT2D eigenvalue weighted by Gasteiger charge is -2.11. The largest absolute Gasteiger partial charge is 0.282 e. The van der Waals surface area contributed by atoms with Crippen molar-refractivity contribution in [3.63, 3.8) is 0 Å². The van der Waals surface area contributed by atoms with E-state index in [4.69, 9.17) is 5.14 Å². The molecular formula is C23H19F2N3O2S. The zero-order valence-corrected chi connectivity index (χ0v) is 17.4. The van der Waals surface area contributed by atoms with Crippen LogP contribution in [-0.2, 0) is 10.0 Å². The Labute approximate surface area is 178 Å². The molecule has 0 fully saturated rings. The predicted molar refractivity (Wildman–Crippen MR) is 116 cm³/mol. The molecule has 1 aromatic heterocycles. The number of rotatable bonds is 5. The number of benzene rings is 3. The maximum Gasteiger partial charge on any atom is 0.282 e. The van der Waals surface area contributed by atoms with Crippen molar-refractivity contribution in [3.8, 4) is 28.1 Å². The summed E-state index contributed by atoms with van der Waals surface area (Å²) in [4.78, 5) is -0.0620. The minimum Gasteiger partial charge on any atom is -0.232 e. The van der Waals surface area contributed by atoms with Crippen molar-refractivity contribution in [2.45, 2.75) is 18.2 Å². The summed E-state index contributed by atoms with van der Waals surface area (Å²) in [5, 5.41) is 9.45. The van der Waals surface area contributed by atoms with Crippen LogP contribution in [0.5, 0.6) is 0 Å². The van der Waals surface area contributed by atoms with Gasteiger partial charge in [-0.1, -0.05) is 60.2 Å². The van der Waals surface area contributed by atoms with E-state index in [1.165, 1.54) is 16.8 Å². The first kappa shape index (κ1) is 20.9. The van der Waals surface area contributed by atoms with Gasteiger partial charge in [0.15, 0.2) is 0 Å². The van der Waals surface area contributed by atoms with Gasteiger partial charge in [0, 0.05) is 11.1 Å². The highest BCUT2D eigenvalue weighted by molar-refractivity contribution is 7.89. The highest BCUT2D eigenvalue weighted by Crippen LogP contribution is 2.40. The number of hydrogen-bond donors (Lipinski definition) is 1. The highest BCUT2D eigenvalue weighted by Gasteiger charge is 2.27. The Bertz CT molecular complexity index is 1320. The molecule has 0 amide bonds. The van der Waals surface area contributed by atoms with Gasteiger partial charge in [-0.25, -0.2) is 27.0 Å². The lowest BCUT2D eigenvalue weighted by atomic mass is 9.98. The van der Waals surface area contributed by atoms with Crippen molar-refractivity contribution in [2.75, 3.05) is 0 Å². The molecule has 0 aliphatic heterocycles. The maximum atomic E-state index is 14.1. The smallest absolute Gasteiger partial charge is 0.232 e. The number of sulfonamides is 1. The third kappa shape index (κ3) is 4.12. The van der Waals surface area contributed by atoms with Crippen LogP contribution < -0.4 is 5.14 Å². The molecule has 5 nitrogen and oxygen atoms in total. The zero-order valence-electron chi connectivity index (χ0n) is 16.5. The van der Waals surface area contributed by atoms with Gasteiger partial charge in [0.05, 0.1) is 16.3 Å². The van der Waals surface area contributed by atoms with Gasteiger partial charge >= 0.3 is 0 Å². The molecule has 0 saturated heterocycles. The van der Waals surface area contributed by atoms with Gasteiger partial charge in [0.25, 0.3) is 6.43 Å². The number of primary sulfonamides is 1. The molecule has 0 unspecified atom stereocenters. The van der Waals surface area contributed by atoms with Crippen LogP contribution in [0.25, 0.3) is 28.1 Å². The summed E-state index contributed by atoms with van der Waals surface area (Å²) in [5.74, 6) is 0. The van der Waals surface area contributed by atoms with Crippen LogP contribution in [0.3, 0.4) is 0 Å². The molecule has 0 bridgehead atoms. The van der Waals surface area contributed by atoms with Crippen molar-refractivity contribution in [1.29, 1.82) is 0 Å². The van der Waals surface area contributed by atoms with E-state index < -0.39 is 16.4 Å². The maximum absolute atomic E-state index is 14.1. The van der Waals surface area contributed by atoms with Crippen LogP contribution in [0.15, 0.2) is 83.8 Å². The molecule has 0 aliphatic rings. The molecule has 8 heteroatoms. The van der Waals surface area contributed by atoms with E-state index in [1.807, 2.05) is 25.1 Å². The molecule has 0 saturated carbocycles. The Hall–Kier alpha value is -3.36. The summed E-state index contributed by atoms with van der Waals surface area (Å²) < 4.78 is 52.9. The van der Waals surface area contributed by atoms with E-state index in [0.717, 1.165) is 5.56 Å². The Morgan fingerprint density at radius 2 is 1.45 bits per heavy atom. The first-order valence-corrected chi connectivity index (χ1v) is 11.0. The summed E-state index contributed by atoms with van der Waals surface area (Å²) in [6.45, 7) is 1.91. The number of hydrogen-bond acceptors (Lipinski definition) is 3. The van der Waals surface area contributed by atoms with Crippen LogP contribution in [0.2, 0.25) is 0 Å². The number of aryl methyl sites for hydroxylation is 1. The Kier molecular flexibility index (Phi) is 5.43. The average Bonchev–Trinajstić information content (AvgIpc) is 3.15. The van der Waals surface area contributed by atoms with Gasteiger partial charge in [0.2, 0.25) is 10.0 Å². The van der Waals surface area contributed by atoms with E-state index in [2.05, 4.69) is 5.10 Å². The van der Waals surface area contributed by atoms with Crippen LogP contribution >= 0.6 is 0 Å². The monoisotopic (exact) mass is 439 g/mol. The lowest BCUT2D eigenvalue weighted by molar-refractivity contribution is 0.146. The lowest BCUT2D eigenvalue weighted by Crippen LogP contribution is -2.11. The first-order valence-electron chi connectivity index (χ1n) is 9.42. The van der Waals surface area contributed by atoms with Crippen LogP contribution in [0.4, 0.5) is 8.78 Å². The second kappa shape index (κ2) is 8.05. The molecule has 31 heavy (non-hydrogen) atoms. The van der Waals surface area contributed by atoms with Gasteiger partial charge in [-0.05, 0) is 36.8 Å². The standard InChI is InChI=1S/C23H19F2N3O2S/c1-15-7-9-16(10-8-15)20-21(23(24)25)27-28(18-5-3-2-4-6-18)22(20)17-11-13-19(14-12-17)31(26,29)30/h2-14,23H,1H3,(H2,26,29,30). The quantitative estimate of drug-likeness (QED) is 0.470. The fraction of sp³-hybridized carbons (Fsp3) is 0.0870. The van der Waals surface area contributed by atoms with Gasteiger partial charge < -0.3 is 0 Å². The van der Waals surface area contributed by atoms with Gasteiger partial charge in [0.1, 0.15) is 5.69 Å². The fourth-order valence-electron chi connectivity index (χ4n) is 3.42. The second-order valence-corrected chi connectivity index (χ2v) is 8.65. The van der Waals surface area contributed by atoms with Gasteiger partial charge in [-0.3, -0.25) is 0 Å².